The van der Waals surface area contributed by atoms with E-state index in [9.17, 15) is 13.9 Å². The second kappa shape index (κ2) is 12.5. The number of benzene rings is 3. The van der Waals surface area contributed by atoms with Crippen LogP contribution in [0, 0.1) is 6.92 Å². The van der Waals surface area contributed by atoms with E-state index in [1.807, 2.05) is 50.2 Å². The predicted molar refractivity (Wildman–Crippen MR) is 174 cm³/mol. The summed E-state index contributed by atoms with van der Waals surface area (Å²) in [5.74, 6) is 0.517. The highest BCUT2D eigenvalue weighted by atomic mass is 32.3. The monoisotopic (exact) mass is 628 g/mol. The minimum atomic E-state index is -3.33. The lowest BCUT2D eigenvalue weighted by Gasteiger charge is -2.42. The number of aromatic nitrogens is 4. The Hall–Kier alpha value is -4.49. The van der Waals surface area contributed by atoms with E-state index in [1.165, 1.54) is 0 Å². The lowest BCUT2D eigenvalue weighted by Crippen LogP contribution is -2.33. The summed E-state index contributed by atoms with van der Waals surface area (Å²) in [5, 5.41) is 11.4. The molecule has 3 N–H and O–H groups in total. The van der Waals surface area contributed by atoms with Gasteiger partial charge in [0.1, 0.15) is 33.5 Å². The first-order chi connectivity index (χ1) is 21.6. The zero-order valence-electron chi connectivity index (χ0n) is 25.5. The Morgan fingerprint density at radius 1 is 1.13 bits per heavy atom. The van der Waals surface area contributed by atoms with Gasteiger partial charge in [-0.15, -0.1) is 15.9 Å². The number of carbonyl (C=O) groups excluding carboxylic acids is 1. The van der Waals surface area contributed by atoms with E-state index in [2.05, 4.69) is 20.6 Å². The van der Waals surface area contributed by atoms with Crippen LogP contribution in [0.5, 0.6) is 11.5 Å². The van der Waals surface area contributed by atoms with E-state index in [0.717, 1.165) is 27.8 Å². The second-order valence-corrected chi connectivity index (χ2v) is 13.2. The number of hydrogen-bond donors (Lipinski definition) is 3. The number of hydrogen-bond acceptors (Lipinski definition) is 9. The zero-order chi connectivity index (χ0) is 31.7. The van der Waals surface area contributed by atoms with Crippen molar-refractivity contribution in [3.8, 4) is 11.5 Å². The SMILES string of the molecule is COc1cc(C(CC(=O)Nc2cccnc2)c2ccc(C)c(CN3CC(C)Oc4ccccc4S3(O)O)c2)cc2nnn(C)c12. The van der Waals surface area contributed by atoms with Crippen LogP contribution in [0.15, 0.2) is 84.0 Å². The topological polar surface area (TPSA) is 135 Å². The molecule has 0 aliphatic carbocycles. The molecule has 5 aromatic rings. The first-order valence-electron chi connectivity index (χ1n) is 14.6. The third-order valence-corrected chi connectivity index (χ3v) is 9.99. The summed E-state index contributed by atoms with van der Waals surface area (Å²) in [4.78, 5) is 17.9. The van der Waals surface area contributed by atoms with Crippen LogP contribution in [0.25, 0.3) is 11.0 Å². The Balaban J connectivity index is 1.39. The van der Waals surface area contributed by atoms with Gasteiger partial charge in [-0.05, 0) is 72.5 Å². The summed E-state index contributed by atoms with van der Waals surface area (Å²) >= 11 is 0. The maximum atomic E-state index is 13.4. The number of aryl methyl sites for hydroxylation is 2. The smallest absolute Gasteiger partial charge is 0.225 e. The minimum Gasteiger partial charge on any atom is -0.494 e. The van der Waals surface area contributed by atoms with Crippen molar-refractivity contribution in [3.05, 3.63) is 101 Å². The van der Waals surface area contributed by atoms with Crippen LogP contribution in [0.1, 0.15) is 41.5 Å². The Kier molecular flexibility index (Phi) is 8.47. The molecule has 234 valence electrons. The molecule has 2 unspecified atom stereocenters. The molecule has 1 aliphatic rings. The van der Waals surface area contributed by atoms with Gasteiger partial charge >= 0.3 is 0 Å². The first-order valence-corrected chi connectivity index (χ1v) is 16.1. The number of para-hydroxylation sites is 1. The van der Waals surface area contributed by atoms with Crippen molar-refractivity contribution in [1.29, 1.82) is 0 Å². The molecule has 0 bridgehead atoms. The maximum Gasteiger partial charge on any atom is 0.225 e. The summed E-state index contributed by atoms with van der Waals surface area (Å²) in [6.07, 6.45) is 3.12. The molecule has 0 saturated heterocycles. The van der Waals surface area contributed by atoms with E-state index in [-0.39, 0.29) is 30.9 Å². The second-order valence-electron chi connectivity index (χ2n) is 11.3. The van der Waals surface area contributed by atoms with E-state index in [4.69, 9.17) is 9.47 Å². The van der Waals surface area contributed by atoms with Crippen LogP contribution in [-0.2, 0) is 18.4 Å². The molecule has 1 amide bonds. The average Bonchev–Trinajstić information content (AvgIpc) is 3.37. The molecule has 0 spiro atoms. The largest absolute Gasteiger partial charge is 0.494 e. The fourth-order valence-electron chi connectivity index (χ4n) is 5.77. The molecule has 2 aromatic heterocycles. The van der Waals surface area contributed by atoms with Gasteiger partial charge < -0.3 is 14.8 Å². The Morgan fingerprint density at radius 3 is 2.73 bits per heavy atom. The van der Waals surface area contributed by atoms with Gasteiger partial charge in [0, 0.05) is 32.1 Å². The van der Waals surface area contributed by atoms with E-state index in [0.29, 0.717) is 34.1 Å². The maximum absolute atomic E-state index is 13.4. The lowest BCUT2D eigenvalue weighted by atomic mass is 9.86. The van der Waals surface area contributed by atoms with Gasteiger partial charge in [-0.3, -0.25) is 18.9 Å². The molecule has 11 nitrogen and oxygen atoms in total. The van der Waals surface area contributed by atoms with Crippen molar-refractivity contribution in [3.63, 3.8) is 0 Å². The van der Waals surface area contributed by atoms with E-state index in [1.54, 1.807) is 65.9 Å². The fourth-order valence-corrected chi connectivity index (χ4v) is 7.44. The fraction of sp³-hybridized carbons (Fsp3) is 0.273. The summed E-state index contributed by atoms with van der Waals surface area (Å²) in [5.41, 5.74) is 5.64. The van der Waals surface area contributed by atoms with Crippen molar-refractivity contribution in [2.75, 3.05) is 19.0 Å². The van der Waals surface area contributed by atoms with Gasteiger partial charge in [0.05, 0.1) is 25.5 Å². The third-order valence-electron chi connectivity index (χ3n) is 8.06. The highest BCUT2D eigenvalue weighted by Gasteiger charge is 2.34. The number of amides is 1. The zero-order valence-corrected chi connectivity index (χ0v) is 26.4. The number of anilines is 1. The molecule has 12 heteroatoms. The van der Waals surface area contributed by atoms with Gasteiger partial charge in [0.2, 0.25) is 5.91 Å². The number of carbonyl (C=O) groups is 1. The van der Waals surface area contributed by atoms with Crippen LogP contribution in [0.2, 0.25) is 0 Å². The summed E-state index contributed by atoms with van der Waals surface area (Å²) in [6.45, 7) is 4.50. The molecule has 6 rings (SSSR count). The summed E-state index contributed by atoms with van der Waals surface area (Å²) in [6, 6.07) is 20.5. The van der Waals surface area contributed by atoms with Crippen LogP contribution < -0.4 is 14.8 Å². The molecule has 2 atom stereocenters. The highest BCUT2D eigenvalue weighted by Crippen LogP contribution is 2.57. The van der Waals surface area contributed by atoms with Crippen molar-refractivity contribution in [2.24, 2.45) is 7.05 Å². The van der Waals surface area contributed by atoms with Gasteiger partial charge in [-0.25, -0.2) is 4.68 Å². The minimum absolute atomic E-state index is 0.128. The number of pyridine rings is 1. The number of rotatable bonds is 8. The number of nitrogens with zero attached hydrogens (tertiary/aromatic N) is 5. The van der Waals surface area contributed by atoms with Crippen LogP contribution in [0.3, 0.4) is 0 Å². The standard InChI is InChI=1S/C33H36N6O5S/c1-21-11-12-23(14-25(21)20-39-19-22(2)44-29-9-5-6-10-31(29)45(39,41)42)27(17-32(40)35-26-8-7-13-34-18-26)24-15-28-33(30(16-24)43-4)38(3)37-36-28/h5-16,18,22,27,41-42H,17,19-20H2,1-4H3,(H,35,40). The normalized spacial score (nSPS) is 17.5. The van der Waals surface area contributed by atoms with Crippen molar-refractivity contribution < 1.29 is 23.4 Å². The predicted octanol–water partition coefficient (Wildman–Crippen LogP) is 6.15. The molecule has 0 radical (unpaired) electrons. The molecule has 0 fully saturated rings. The van der Waals surface area contributed by atoms with Gasteiger partial charge in [0.25, 0.3) is 0 Å². The van der Waals surface area contributed by atoms with Crippen LogP contribution >= 0.6 is 10.8 Å². The molecule has 3 heterocycles. The molecule has 3 aromatic carbocycles. The van der Waals surface area contributed by atoms with Gasteiger partial charge in [-0.1, -0.05) is 35.5 Å². The van der Waals surface area contributed by atoms with Gasteiger partial charge in [0.15, 0.2) is 0 Å². The highest BCUT2D eigenvalue weighted by molar-refractivity contribution is 8.22. The van der Waals surface area contributed by atoms with Crippen molar-refractivity contribution in [2.45, 2.75) is 43.7 Å². The number of ether oxygens (including phenoxy) is 2. The third kappa shape index (κ3) is 6.22. The Morgan fingerprint density at radius 2 is 1.96 bits per heavy atom. The molecule has 1 aliphatic heterocycles. The van der Waals surface area contributed by atoms with Crippen molar-refractivity contribution >= 4 is 33.4 Å². The number of fused-ring (bicyclic) bond motifs is 2. The van der Waals surface area contributed by atoms with Gasteiger partial charge in [-0.2, -0.15) is 4.31 Å². The molecule has 0 saturated carbocycles. The summed E-state index contributed by atoms with van der Waals surface area (Å²) < 4.78 is 38.1. The Labute approximate surface area is 263 Å². The average molecular weight is 629 g/mol. The summed E-state index contributed by atoms with van der Waals surface area (Å²) in [7, 11) is 0.0721. The van der Waals surface area contributed by atoms with Crippen LogP contribution in [0.4, 0.5) is 5.69 Å². The number of nitrogens with one attached hydrogen (secondary N) is 1. The van der Waals surface area contributed by atoms with Crippen molar-refractivity contribution in [1.82, 2.24) is 24.3 Å². The first kappa shape index (κ1) is 30.5. The quantitative estimate of drug-likeness (QED) is 0.185. The Bertz CT molecular complexity index is 1850. The van der Waals surface area contributed by atoms with E-state index < -0.39 is 10.8 Å². The molecule has 45 heavy (non-hydrogen) atoms. The van der Waals surface area contributed by atoms with E-state index >= 15 is 0 Å². The lowest BCUT2D eigenvalue weighted by molar-refractivity contribution is -0.116. The number of methoxy groups -OCH3 is 1. The van der Waals surface area contributed by atoms with Crippen LogP contribution in [-0.4, -0.2) is 59.1 Å². The molecular weight excluding hydrogens is 592 g/mol. The molecular formula is C33H36N6O5S.